The van der Waals surface area contributed by atoms with Crippen LogP contribution in [0.1, 0.15) is 49.4 Å². The van der Waals surface area contributed by atoms with E-state index in [2.05, 4.69) is 10.4 Å². The normalized spacial score (nSPS) is 28.4. The molecule has 116 valence electrons. The van der Waals surface area contributed by atoms with Crippen LogP contribution in [-0.2, 0) is 17.8 Å². The van der Waals surface area contributed by atoms with Gasteiger partial charge in [-0.2, -0.15) is 5.10 Å². The van der Waals surface area contributed by atoms with Crippen molar-refractivity contribution in [2.75, 3.05) is 6.61 Å². The Morgan fingerprint density at radius 3 is 3.05 bits per heavy atom. The van der Waals surface area contributed by atoms with Crippen LogP contribution < -0.4 is 11.1 Å². The zero-order chi connectivity index (χ0) is 14.8. The van der Waals surface area contributed by atoms with E-state index in [1.165, 1.54) is 0 Å². The largest absolute Gasteiger partial charge is 0.394 e. The van der Waals surface area contributed by atoms with Gasteiger partial charge in [0, 0.05) is 23.2 Å². The molecule has 4 N–H and O–H groups in total. The lowest BCUT2D eigenvalue weighted by molar-refractivity contribution is -0.125. The summed E-state index contributed by atoms with van der Waals surface area (Å²) >= 11 is 0. The second kappa shape index (κ2) is 6.15. The van der Waals surface area contributed by atoms with Gasteiger partial charge in [-0.05, 0) is 38.5 Å². The molecule has 0 aromatic carbocycles. The van der Waals surface area contributed by atoms with Gasteiger partial charge in [0.1, 0.15) is 0 Å². The zero-order valence-corrected chi connectivity index (χ0v) is 12.3. The third-order valence-electron chi connectivity index (χ3n) is 4.74. The zero-order valence-electron chi connectivity index (χ0n) is 12.3. The minimum absolute atomic E-state index is 0.0607. The Labute approximate surface area is 124 Å². The van der Waals surface area contributed by atoms with E-state index in [0.717, 1.165) is 49.8 Å². The molecule has 3 atom stereocenters. The van der Waals surface area contributed by atoms with E-state index < -0.39 is 0 Å². The monoisotopic (exact) mass is 292 g/mol. The maximum absolute atomic E-state index is 12.4. The number of amides is 1. The first-order valence-corrected chi connectivity index (χ1v) is 7.90. The van der Waals surface area contributed by atoms with Crippen LogP contribution in [0, 0.1) is 5.92 Å². The van der Waals surface area contributed by atoms with Gasteiger partial charge in [0.25, 0.3) is 0 Å². The molecule has 6 heteroatoms. The predicted octanol–water partition coefficient (Wildman–Crippen LogP) is 0.496. The molecule has 1 aromatic heterocycles. The molecule has 2 aliphatic carbocycles. The number of aliphatic hydroxyl groups excluding tert-OH is 1. The number of nitrogens with two attached hydrogens (primary N) is 1. The maximum Gasteiger partial charge on any atom is 0.223 e. The molecule has 1 aromatic rings. The highest BCUT2D eigenvalue weighted by Gasteiger charge is 2.31. The second-order valence-corrected chi connectivity index (χ2v) is 6.22. The topological polar surface area (TPSA) is 93.2 Å². The van der Waals surface area contributed by atoms with E-state index in [1.807, 2.05) is 10.9 Å². The highest BCUT2D eigenvalue weighted by Crippen LogP contribution is 2.31. The van der Waals surface area contributed by atoms with Gasteiger partial charge < -0.3 is 16.2 Å². The number of aliphatic hydroxyl groups is 1. The quantitative estimate of drug-likeness (QED) is 0.753. The molecule has 6 nitrogen and oxygen atoms in total. The first-order valence-electron chi connectivity index (χ1n) is 7.90. The number of aromatic nitrogens is 2. The molecule has 1 amide bonds. The van der Waals surface area contributed by atoms with Crippen molar-refractivity contribution < 1.29 is 9.90 Å². The fourth-order valence-corrected chi connectivity index (χ4v) is 3.60. The van der Waals surface area contributed by atoms with E-state index in [0.29, 0.717) is 6.54 Å². The minimum atomic E-state index is 0.0607. The number of carbonyl (C=O) groups is 1. The number of fused-ring (bicyclic) bond motifs is 1. The molecular weight excluding hydrogens is 268 g/mol. The highest BCUT2D eigenvalue weighted by atomic mass is 16.3. The molecular formula is C15H24N4O2. The number of nitrogens with zero attached hydrogens (tertiary/aromatic N) is 2. The third-order valence-corrected chi connectivity index (χ3v) is 4.74. The van der Waals surface area contributed by atoms with Crippen molar-refractivity contribution in [2.24, 2.45) is 11.7 Å². The number of hydrogen-bond donors (Lipinski definition) is 3. The van der Waals surface area contributed by atoms with Crippen molar-refractivity contribution in [3.8, 4) is 0 Å². The van der Waals surface area contributed by atoms with Crippen molar-refractivity contribution in [1.82, 2.24) is 15.1 Å². The molecule has 1 saturated carbocycles. The Morgan fingerprint density at radius 2 is 2.33 bits per heavy atom. The van der Waals surface area contributed by atoms with Crippen LogP contribution >= 0.6 is 0 Å². The molecule has 1 heterocycles. The van der Waals surface area contributed by atoms with Gasteiger partial charge in [0.15, 0.2) is 0 Å². The molecule has 0 bridgehead atoms. The Kier molecular flexibility index (Phi) is 4.26. The van der Waals surface area contributed by atoms with E-state index in [9.17, 15) is 4.79 Å². The van der Waals surface area contributed by atoms with Gasteiger partial charge in [-0.25, -0.2) is 0 Å². The van der Waals surface area contributed by atoms with Crippen molar-refractivity contribution >= 4 is 5.91 Å². The van der Waals surface area contributed by atoms with Gasteiger partial charge in [0.2, 0.25) is 5.91 Å². The number of carbonyl (C=O) groups excluding carboxylic acids is 1. The molecule has 0 radical (unpaired) electrons. The Morgan fingerprint density at radius 1 is 1.48 bits per heavy atom. The van der Waals surface area contributed by atoms with Crippen LogP contribution in [0.3, 0.4) is 0 Å². The van der Waals surface area contributed by atoms with Crippen LogP contribution in [0.4, 0.5) is 0 Å². The lowest BCUT2D eigenvalue weighted by Crippen LogP contribution is -2.35. The summed E-state index contributed by atoms with van der Waals surface area (Å²) in [5, 5.41) is 16.6. The van der Waals surface area contributed by atoms with E-state index in [1.54, 1.807) is 0 Å². The van der Waals surface area contributed by atoms with Gasteiger partial charge in [-0.3, -0.25) is 9.48 Å². The SMILES string of the molecule is NC1CCC(C(=O)NC2CCCc3c2cnn3CCO)C1. The summed E-state index contributed by atoms with van der Waals surface area (Å²) in [5.41, 5.74) is 8.16. The number of rotatable bonds is 4. The smallest absolute Gasteiger partial charge is 0.223 e. The Balaban J connectivity index is 1.69. The highest BCUT2D eigenvalue weighted by molar-refractivity contribution is 5.79. The minimum Gasteiger partial charge on any atom is -0.394 e. The molecule has 3 unspecified atom stereocenters. The fourth-order valence-electron chi connectivity index (χ4n) is 3.60. The van der Waals surface area contributed by atoms with E-state index >= 15 is 0 Å². The second-order valence-electron chi connectivity index (χ2n) is 6.22. The van der Waals surface area contributed by atoms with Crippen LogP contribution in [0.5, 0.6) is 0 Å². The Bertz CT molecular complexity index is 514. The molecule has 2 aliphatic rings. The number of hydrogen-bond acceptors (Lipinski definition) is 4. The third kappa shape index (κ3) is 2.96. The standard InChI is InChI=1S/C15H24N4O2/c16-11-5-4-10(8-11)15(21)18-13-2-1-3-14-12(13)9-17-19(14)6-7-20/h9-11,13,20H,1-8,16H2,(H,18,21). The van der Waals surface area contributed by atoms with Crippen molar-refractivity contribution in [3.05, 3.63) is 17.5 Å². The molecule has 0 aliphatic heterocycles. The van der Waals surface area contributed by atoms with Crippen molar-refractivity contribution in [1.29, 1.82) is 0 Å². The van der Waals surface area contributed by atoms with E-state index in [4.69, 9.17) is 10.8 Å². The lowest BCUT2D eigenvalue weighted by atomic mass is 9.92. The summed E-state index contributed by atoms with van der Waals surface area (Å²) in [5.74, 6) is 0.202. The summed E-state index contributed by atoms with van der Waals surface area (Å²) in [6.45, 7) is 0.610. The fraction of sp³-hybridized carbons (Fsp3) is 0.733. The summed E-state index contributed by atoms with van der Waals surface area (Å²) in [4.78, 5) is 12.4. The summed E-state index contributed by atoms with van der Waals surface area (Å²) in [7, 11) is 0. The van der Waals surface area contributed by atoms with Crippen molar-refractivity contribution in [3.63, 3.8) is 0 Å². The molecule has 1 fully saturated rings. The summed E-state index contributed by atoms with van der Waals surface area (Å²) in [6.07, 6.45) is 7.46. The van der Waals surface area contributed by atoms with Crippen LogP contribution in [0.25, 0.3) is 0 Å². The number of nitrogens with one attached hydrogen (secondary N) is 1. The molecule has 0 saturated heterocycles. The summed E-state index contributed by atoms with van der Waals surface area (Å²) < 4.78 is 1.86. The van der Waals surface area contributed by atoms with Gasteiger partial charge >= 0.3 is 0 Å². The molecule has 3 rings (SSSR count). The van der Waals surface area contributed by atoms with E-state index in [-0.39, 0.29) is 30.5 Å². The lowest BCUT2D eigenvalue weighted by Gasteiger charge is -2.25. The van der Waals surface area contributed by atoms with Crippen LogP contribution in [-0.4, -0.2) is 33.4 Å². The average Bonchev–Trinajstić information content (AvgIpc) is 3.07. The maximum atomic E-state index is 12.4. The van der Waals surface area contributed by atoms with Gasteiger partial charge in [-0.15, -0.1) is 0 Å². The van der Waals surface area contributed by atoms with Gasteiger partial charge in [-0.1, -0.05) is 0 Å². The van der Waals surface area contributed by atoms with Crippen molar-refractivity contribution in [2.45, 2.75) is 57.2 Å². The van der Waals surface area contributed by atoms with Gasteiger partial charge in [0.05, 0.1) is 25.4 Å². The molecule has 0 spiro atoms. The average molecular weight is 292 g/mol. The summed E-state index contributed by atoms with van der Waals surface area (Å²) in [6, 6.07) is 0.237. The predicted molar refractivity (Wildman–Crippen MR) is 78.5 cm³/mol. The van der Waals surface area contributed by atoms with Crippen LogP contribution in [0.2, 0.25) is 0 Å². The molecule has 21 heavy (non-hydrogen) atoms. The first kappa shape index (κ1) is 14.5. The Hall–Kier alpha value is -1.40. The van der Waals surface area contributed by atoms with Crippen LogP contribution in [0.15, 0.2) is 6.20 Å². The first-order chi connectivity index (χ1) is 10.2.